The number of morpholine rings is 1. The van der Waals surface area contributed by atoms with Crippen LogP contribution >= 0.6 is 23.4 Å². The molecule has 0 radical (unpaired) electrons. The highest BCUT2D eigenvalue weighted by molar-refractivity contribution is 7.99. The number of pyridine rings is 2. The summed E-state index contributed by atoms with van der Waals surface area (Å²) in [7, 11) is 1.95. The van der Waals surface area contributed by atoms with E-state index in [4.69, 9.17) is 21.3 Å². The fourth-order valence-electron chi connectivity index (χ4n) is 4.64. The van der Waals surface area contributed by atoms with E-state index in [2.05, 4.69) is 32.3 Å². The van der Waals surface area contributed by atoms with Crippen LogP contribution in [-0.2, 0) is 18.3 Å². The summed E-state index contributed by atoms with van der Waals surface area (Å²) in [5.74, 6) is 0. The number of fused-ring (bicyclic) bond motifs is 1. The van der Waals surface area contributed by atoms with Crippen LogP contribution < -0.4 is 5.32 Å². The molecule has 4 heterocycles. The van der Waals surface area contributed by atoms with Crippen molar-refractivity contribution in [1.29, 1.82) is 5.26 Å². The Hall–Kier alpha value is -3.94. The molecule has 3 aromatic heterocycles. The van der Waals surface area contributed by atoms with Gasteiger partial charge in [0.25, 0.3) is 0 Å². The highest BCUT2D eigenvalue weighted by Crippen LogP contribution is 2.36. The molecular formula is C30H26ClN7OS. The summed E-state index contributed by atoms with van der Waals surface area (Å²) in [6.45, 7) is 4.15. The lowest BCUT2D eigenvalue weighted by Crippen LogP contribution is -2.35. The lowest BCUT2D eigenvalue weighted by molar-refractivity contribution is 0.0336. The molecule has 0 unspecified atom stereocenters. The maximum atomic E-state index is 9.83. The molecule has 2 aromatic carbocycles. The van der Waals surface area contributed by atoms with Crippen LogP contribution in [0.3, 0.4) is 0 Å². The summed E-state index contributed by atoms with van der Waals surface area (Å²) in [4.78, 5) is 17.1. The predicted octanol–water partition coefficient (Wildman–Crippen LogP) is 6.28. The van der Waals surface area contributed by atoms with Crippen LogP contribution in [0.15, 0.2) is 83.2 Å². The summed E-state index contributed by atoms with van der Waals surface area (Å²) in [5, 5.41) is 15.5. The maximum absolute atomic E-state index is 9.83. The number of aromatic nitrogens is 4. The topological polar surface area (TPSA) is 91.9 Å². The lowest BCUT2D eigenvalue weighted by Gasteiger charge is -2.26. The first-order valence-corrected chi connectivity index (χ1v) is 14.1. The summed E-state index contributed by atoms with van der Waals surface area (Å²) >= 11 is 8.13. The van der Waals surface area contributed by atoms with Gasteiger partial charge in [-0.1, -0.05) is 35.5 Å². The van der Waals surface area contributed by atoms with Gasteiger partial charge in [0.15, 0.2) is 5.16 Å². The molecule has 0 spiro atoms. The molecule has 40 heavy (non-hydrogen) atoms. The predicted molar refractivity (Wildman–Crippen MR) is 158 cm³/mol. The molecule has 0 bridgehead atoms. The van der Waals surface area contributed by atoms with Gasteiger partial charge < -0.3 is 14.6 Å². The van der Waals surface area contributed by atoms with Crippen LogP contribution in [0.4, 0.5) is 11.4 Å². The van der Waals surface area contributed by atoms with Crippen molar-refractivity contribution in [1.82, 2.24) is 24.4 Å². The van der Waals surface area contributed by atoms with Gasteiger partial charge in [0, 0.05) is 66.8 Å². The number of hydrogen-bond acceptors (Lipinski definition) is 8. The van der Waals surface area contributed by atoms with Crippen LogP contribution in [0.5, 0.6) is 0 Å². The smallest absolute Gasteiger partial charge is 0.172 e. The summed E-state index contributed by atoms with van der Waals surface area (Å²) in [6.07, 6.45) is 5.26. The van der Waals surface area contributed by atoms with E-state index in [-0.39, 0.29) is 0 Å². The van der Waals surface area contributed by atoms with E-state index in [0.29, 0.717) is 16.3 Å². The van der Waals surface area contributed by atoms with Gasteiger partial charge in [0.2, 0.25) is 0 Å². The van der Waals surface area contributed by atoms with Crippen LogP contribution in [0.25, 0.3) is 22.2 Å². The molecular weight excluding hydrogens is 542 g/mol. The van der Waals surface area contributed by atoms with Gasteiger partial charge in [0.05, 0.1) is 46.4 Å². The van der Waals surface area contributed by atoms with Gasteiger partial charge in [-0.15, -0.1) is 0 Å². The number of nitriles is 1. The molecule has 1 N–H and O–H groups in total. The Morgan fingerprint density at radius 2 is 1.98 bits per heavy atom. The van der Waals surface area contributed by atoms with Crippen LogP contribution in [0.1, 0.15) is 11.3 Å². The average Bonchev–Trinajstić information content (AvgIpc) is 3.39. The Balaban J connectivity index is 1.27. The Morgan fingerprint density at radius 3 is 2.75 bits per heavy atom. The monoisotopic (exact) mass is 567 g/mol. The van der Waals surface area contributed by atoms with Gasteiger partial charge in [-0.2, -0.15) is 5.26 Å². The third kappa shape index (κ3) is 5.67. The van der Waals surface area contributed by atoms with Gasteiger partial charge in [0.1, 0.15) is 6.07 Å². The number of nitrogens with one attached hydrogen (secondary N) is 1. The fourth-order valence-corrected chi connectivity index (χ4v) is 5.75. The van der Waals surface area contributed by atoms with Gasteiger partial charge >= 0.3 is 0 Å². The van der Waals surface area contributed by atoms with E-state index < -0.39 is 0 Å². The third-order valence-corrected chi connectivity index (χ3v) is 8.34. The number of aryl methyl sites for hydroxylation is 1. The van der Waals surface area contributed by atoms with Crippen molar-refractivity contribution < 1.29 is 4.74 Å². The van der Waals surface area contributed by atoms with Crippen molar-refractivity contribution >= 4 is 45.6 Å². The van der Waals surface area contributed by atoms with Crippen LogP contribution in [0.2, 0.25) is 5.02 Å². The molecule has 0 amide bonds. The summed E-state index contributed by atoms with van der Waals surface area (Å²) in [5.41, 5.74) is 5.57. The van der Waals surface area contributed by atoms with Gasteiger partial charge in [-0.05, 0) is 42.5 Å². The maximum Gasteiger partial charge on any atom is 0.172 e. The minimum Gasteiger partial charge on any atom is -0.379 e. The van der Waals surface area contributed by atoms with E-state index in [1.807, 2.05) is 66.3 Å². The zero-order chi connectivity index (χ0) is 27.5. The van der Waals surface area contributed by atoms with Crippen molar-refractivity contribution in [3.05, 3.63) is 89.5 Å². The molecule has 10 heteroatoms. The van der Waals surface area contributed by atoms with E-state index in [1.165, 1.54) is 11.8 Å². The third-order valence-electron chi connectivity index (χ3n) is 6.76. The van der Waals surface area contributed by atoms with Crippen molar-refractivity contribution in [2.24, 2.45) is 7.05 Å². The first-order chi connectivity index (χ1) is 19.6. The minimum atomic E-state index is 0.452. The quantitative estimate of drug-likeness (QED) is 0.245. The Kier molecular flexibility index (Phi) is 7.66. The molecule has 1 aliphatic heterocycles. The second-order valence-electron chi connectivity index (χ2n) is 9.49. The van der Waals surface area contributed by atoms with E-state index in [9.17, 15) is 5.26 Å². The molecule has 1 aliphatic rings. The zero-order valence-electron chi connectivity index (χ0n) is 21.8. The first-order valence-electron chi connectivity index (χ1n) is 12.9. The van der Waals surface area contributed by atoms with Gasteiger partial charge in [-0.25, -0.2) is 4.98 Å². The molecule has 5 aromatic rings. The molecule has 200 valence electrons. The number of imidazole rings is 1. The SMILES string of the molecule is Cn1ccnc1Sc1ccc(Nc2c(C#N)cnc3cc(-c4cccc(CN5CCOCC5)n4)ccc23)cc1Cl. The summed E-state index contributed by atoms with van der Waals surface area (Å²) in [6, 6.07) is 20.2. The normalized spacial score (nSPS) is 13.8. The number of benzene rings is 2. The van der Waals surface area contributed by atoms with E-state index in [1.54, 1.807) is 12.4 Å². The summed E-state index contributed by atoms with van der Waals surface area (Å²) < 4.78 is 7.41. The number of ether oxygens (including phenoxy) is 1. The number of rotatable bonds is 7. The second-order valence-corrected chi connectivity index (χ2v) is 10.9. The molecule has 0 aliphatic carbocycles. The number of hydrogen-bond donors (Lipinski definition) is 1. The molecule has 1 saturated heterocycles. The van der Waals surface area contributed by atoms with Crippen molar-refractivity contribution in [3.8, 4) is 17.3 Å². The lowest BCUT2D eigenvalue weighted by atomic mass is 10.0. The molecule has 1 fully saturated rings. The largest absolute Gasteiger partial charge is 0.379 e. The fraction of sp³-hybridized carbons (Fsp3) is 0.200. The van der Waals surface area contributed by atoms with Crippen molar-refractivity contribution in [3.63, 3.8) is 0 Å². The number of halogens is 1. The molecule has 8 nitrogen and oxygen atoms in total. The van der Waals surface area contributed by atoms with Crippen molar-refractivity contribution in [2.45, 2.75) is 16.6 Å². The van der Waals surface area contributed by atoms with Gasteiger partial charge in [-0.3, -0.25) is 14.9 Å². The van der Waals surface area contributed by atoms with E-state index >= 15 is 0 Å². The number of nitrogens with zero attached hydrogens (tertiary/aromatic N) is 6. The number of anilines is 2. The molecule has 0 saturated carbocycles. The Morgan fingerprint density at radius 1 is 1.10 bits per heavy atom. The van der Waals surface area contributed by atoms with Crippen LogP contribution in [0, 0.1) is 11.3 Å². The zero-order valence-corrected chi connectivity index (χ0v) is 23.4. The van der Waals surface area contributed by atoms with E-state index in [0.717, 1.165) is 76.4 Å². The first kappa shape index (κ1) is 26.3. The van der Waals surface area contributed by atoms with Crippen molar-refractivity contribution in [2.75, 3.05) is 31.6 Å². The highest BCUT2D eigenvalue weighted by atomic mass is 35.5. The second kappa shape index (κ2) is 11.7. The highest BCUT2D eigenvalue weighted by Gasteiger charge is 2.15. The average molecular weight is 568 g/mol. The van der Waals surface area contributed by atoms with Crippen LogP contribution in [-0.4, -0.2) is 50.7 Å². The minimum absolute atomic E-state index is 0.452. The Bertz CT molecular complexity index is 1730. The molecule has 6 rings (SSSR count). The standard InChI is InChI=1S/C30H26ClN7OS/c1-37-10-9-33-30(37)40-28-8-6-22(16-25(28)31)36-29-21(17-32)18-34-27-15-20(5-7-24(27)29)26-4-2-3-23(35-26)19-38-11-13-39-14-12-38/h2-10,15-16,18H,11-14,19H2,1H3,(H,34,36). The molecule has 0 atom stereocenters. The Labute approximate surface area is 241 Å².